The van der Waals surface area contributed by atoms with E-state index in [1.807, 2.05) is 0 Å². The summed E-state index contributed by atoms with van der Waals surface area (Å²) in [5, 5.41) is 6.00. The lowest BCUT2D eigenvalue weighted by molar-refractivity contribution is -0.122. The van der Waals surface area contributed by atoms with Gasteiger partial charge in [-0.2, -0.15) is 0 Å². The van der Waals surface area contributed by atoms with Gasteiger partial charge in [-0.1, -0.05) is 6.07 Å². The number of halogens is 2. The Hall–Kier alpha value is -1.37. The van der Waals surface area contributed by atoms with E-state index in [4.69, 9.17) is 9.47 Å². The molecular weight excluding hydrogens is 311 g/mol. The van der Waals surface area contributed by atoms with Crippen LogP contribution in [0.15, 0.2) is 18.2 Å². The summed E-state index contributed by atoms with van der Waals surface area (Å²) in [6, 6.07) is 4.76. The highest BCUT2D eigenvalue weighted by Gasteiger charge is 2.16. The molecule has 1 unspecified atom stereocenters. The monoisotopic (exact) mass is 332 g/mol. The molecule has 2 N–H and O–H groups in total. The van der Waals surface area contributed by atoms with Crippen molar-refractivity contribution in [3.63, 3.8) is 0 Å². The van der Waals surface area contributed by atoms with Crippen LogP contribution in [-0.4, -0.2) is 38.3 Å². The average Bonchev–Trinajstić information content (AvgIpc) is 2.49. The first-order valence-electron chi connectivity index (χ1n) is 7.18. The minimum Gasteiger partial charge on any atom is -0.491 e. The first-order valence-corrected chi connectivity index (χ1v) is 7.18. The molecule has 1 aliphatic heterocycles. The predicted octanol–water partition coefficient (Wildman–Crippen LogP) is 1.64. The maximum atomic E-state index is 13.7. The Balaban J connectivity index is 0.00000242. The molecule has 1 aromatic carbocycles. The van der Waals surface area contributed by atoms with Gasteiger partial charge in [0.15, 0.2) is 11.6 Å². The maximum Gasteiger partial charge on any atom is 0.221 e. The second-order valence-corrected chi connectivity index (χ2v) is 4.90. The largest absolute Gasteiger partial charge is 0.491 e. The van der Waals surface area contributed by atoms with Gasteiger partial charge in [-0.25, -0.2) is 4.39 Å². The van der Waals surface area contributed by atoms with Crippen LogP contribution in [0, 0.1) is 5.82 Å². The van der Waals surface area contributed by atoms with Crippen LogP contribution in [0.3, 0.4) is 0 Å². The highest BCUT2D eigenvalue weighted by Crippen LogP contribution is 2.18. The summed E-state index contributed by atoms with van der Waals surface area (Å²) in [5.41, 5.74) is 0.706. The van der Waals surface area contributed by atoms with E-state index < -0.39 is 5.82 Å². The lowest BCUT2D eigenvalue weighted by Crippen LogP contribution is -2.44. The Morgan fingerprint density at radius 2 is 2.36 bits per heavy atom. The Morgan fingerprint density at radius 3 is 3.00 bits per heavy atom. The highest BCUT2D eigenvalue weighted by molar-refractivity contribution is 5.85. The van der Waals surface area contributed by atoms with E-state index in [0.29, 0.717) is 38.3 Å². The number of ether oxygens (including phenoxy) is 2. The van der Waals surface area contributed by atoms with Crippen LogP contribution in [0.4, 0.5) is 4.39 Å². The summed E-state index contributed by atoms with van der Waals surface area (Å²) in [4.78, 5) is 11.8. The van der Waals surface area contributed by atoms with Crippen molar-refractivity contribution < 1.29 is 18.7 Å². The van der Waals surface area contributed by atoms with Gasteiger partial charge in [0.25, 0.3) is 0 Å². The number of carbonyl (C=O) groups excluding carboxylic acids is 1. The van der Waals surface area contributed by atoms with E-state index in [1.54, 1.807) is 19.1 Å². The van der Waals surface area contributed by atoms with Gasteiger partial charge < -0.3 is 20.1 Å². The van der Waals surface area contributed by atoms with Crippen molar-refractivity contribution in [1.29, 1.82) is 0 Å². The lowest BCUT2D eigenvalue weighted by Gasteiger charge is -2.23. The summed E-state index contributed by atoms with van der Waals surface area (Å²) >= 11 is 0. The van der Waals surface area contributed by atoms with Crippen molar-refractivity contribution in [2.75, 3.05) is 26.4 Å². The van der Waals surface area contributed by atoms with Gasteiger partial charge in [-0.3, -0.25) is 4.79 Å². The predicted molar refractivity (Wildman–Crippen MR) is 83.9 cm³/mol. The number of rotatable bonds is 6. The van der Waals surface area contributed by atoms with E-state index in [1.165, 1.54) is 6.07 Å². The van der Waals surface area contributed by atoms with Crippen LogP contribution in [0.1, 0.15) is 18.9 Å². The Kier molecular flexibility index (Phi) is 8.16. The fraction of sp³-hybridized carbons (Fsp3) is 0.533. The molecule has 0 aromatic heterocycles. The maximum absolute atomic E-state index is 13.7. The molecule has 0 bridgehead atoms. The molecule has 1 saturated heterocycles. The number of nitrogens with one attached hydrogen (secondary N) is 2. The van der Waals surface area contributed by atoms with Crippen LogP contribution < -0.4 is 15.4 Å². The zero-order valence-electron chi connectivity index (χ0n) is 12.6. The Bertz CT molecular complexity index is 482. The standard InChI is InChI=1S/C15H21FN2O3.ClH/c1-2-21-14-4-3-11(7-13(14)16)9-18-15(19)8-12-10-20-6-5-17-12;/h3-4,7,12,17H,2,5-6,8-10H2,1H3,(H,18,19);1H. The molecule has 1 aromatic rings. The van der Waals surface area contributed by atoms with Gasteiger partial charge in [-0.15, -0.1) is 12.4 Å². The molecule has 1 fully saturated rings. The summed E-state index contributed by atoms with van der Waals surface area (Å²) in [6.07, 6.45) is 0.361. The molecule has 1 aliphatic rings. The van der Waals surface area contributed by atoms with Gasteiger partial charge in [0.1, 0.15) is 0 Å². The summed E-state index contributed by atoms with van der Waals surface area (Å²) in [6.45, 7) is 4.52. The molecule has 7 heteroatoms. The summed E-state index contributed by atoms with van der Waals surface area (Å²) in [5.74, 6) is -0.255. The van der Waals surface area contributed by atoms with Crippen molar-refractivity contribution in [3.8, 4) is 5.75 Å². The van der Waals surface area contributed by atoms with E-state index in [-0.39, 0.29) is 30.1 Å². The van der Waals surface area contributed by atoms with Crippen LogP contribution in [0.25, 0.3) is 0 Å². The first-order chi connectivity index (χ1) is 10.2. The van der Waals surface area contributed by atoms with Crippen LogP contribution >= 0.6 is 12.4 Å². The van der Waals surface area contributed by atoms with Gasteiger partial charge in [0.05, 0.1) is 19.8 Å². The van der Waals surface area contributed by atoms with E-state index >= 15 is 0 Å². The fourth-order valence-corrected chi connectivity index (χ4v) is 2.17. The second-order valence-electron chi connectivity index (χ2n) is 4.90. The molecule has 1 atom stereocenters. The highest BCUT2D eigenvalue weighted by atomic mass is 35.5. The van der Waals surface area contributed by atoms with Gasteiger partial charge in [0, 0.05) is 25.6 Å². The molecule has 0 radical (unpaired) electrons. The molecule has 1 amide bonds. The molecule has 2 rings (SSSR count). The Morgan fingerprint density at radius 1 is 1.55 bits per heavy atom. The third kappa shape index (κ3) is 5.79. The van der Waals surface area contributed by atoms with Crippen molar-refractivity contribution in [2.24, 2.45) is 0 Å². The molecule has 1 heterocycles. The lowest BCUT2D eigenvalue weighted by atomic mass is 10.1. The quantitative estimate of drug-likeness (QED) is 0.831. The Labute approximate surface area is 136 Å². The number of carbonyl (C=O) groups is 1. The van der Waals surface area contributed by atoms with E-state index in [2.05, 4.69) is 10.6 Å². The molecule has 0 spiro atoms. The number of hydrogen-bond acceptors (Lipinski definition) is 4. The van der Waals surface area contributed by atoms with E-state index in [0.717, 1.165) is 6.54 Å². The zero-order valence-corrected chi connectivity index (χ0v) is 13.4. The summed E-state index contributed by atoms with van der Waals surface area (Å²) < 4.78 is 24.1. The van der Waals surface area contributed by atoms with Crippen molar-refractivity contribution in [1.82, 2.24) is 10.6 Å². The number of morpholine rings is 1. The smallest absolute Gasteiger partial charge is 0.221 e. The minimum absolute atomic E-state index is 0. The van der Waals surface area contributed by atoms with Crippen molar-refractivity contribution in [3.05, 3.63) is 29.6 Å². The van der Waals surface area contributed by atoms with Crippen LogP contribution in [0.2, 0.25) is 0 Å². The normalized spacial score (nSPS) is 17.5. The van der Waals surface area contributed by atoms with Gasteiger partial charge >= 0.3 is 0 Å². The molecule has 5 nitrogen and oxygen atoms in total. The number of hydrogen-bond donors (Lipinski definition) is 2. The molecule has 22 heavy (non-hydrogen) atoms. The second kappa shape index (κ2) is 9.61. The SMILES string of the molecule is CCOc1ccc(CNC(=O)CC2COCCN2)cc1F.Cl. The van der Waals surface area contributed by atoms with Crippen LogP contribution in [0.5, 0.6) is 5.75 Å². The topological polar surface area (TPSA) is 59.6 Å². The van der Waals surface area contributed by atoms with Gasteiger partial charge in [-0.05, 0) is 24.6 Å². The van der Waals surface area contributed by atoms with Crippen LogP contribution in [-0.2, 0) is 16.1 Å². The fourth-order valence-electron chi connectivity index (χ4n) is 2.17. The van der Waals surface area contributed by atoms with E-state index in [9.17, 15) is 9.18 Å². The minimum atomic E-state index is -0.411. The van der Waals surface area contributed by atoms with Gasteiger partial charge in [0.2, 0.25) is 5.91 Å². The number of benzene rings is 1. The average molecular weight is 333 g/mol. The first kappa shape index (κ1) is 18.7. The molecule has 0 saturated carbocycles. The van der Waals surface area contributed by atoms with Crippen molar-refractivity contribution in [2.45, 2.75) is 25.9 Å². The summed E-state index contributed by atoms with van der Waals surface area (Å²) in [7, 11) is 0. The third-order valence-corrected chi connectivity index (χ3v) is 3.22. The number of amides is 1. The zero-order chi connectivity index (χ0) is 15.1. The molecule has 124 valence electrons. The third-order valence-electron chi connectivity index (χ3n) is 3.22. The molecule has 0 aliphatic carbocycles. The van der Waals surface area contributed by atoms with Crippen molar-refractivity contribution >= 4 is 18.3 Å². The molecular formula is C15H22ClFN2O3.